The van der Waals surface area contributed by atoms with Crippen molar-refractivity contribution in [3.05, 3.63) is 52.9 Å². The van der Waals surface area contributed by atoms with Crippen molar-refractivity contribution in [3.8, 4) is 17.2 Å². The fourth-order valence-electron chi connectivity index (χ4n) is 2.65. The highest BCUT2D eigenvalue weighted by Gasteiger charge is 2.36. The minimum Gasteiger partial charge on any atom is -0.502 e. The Hall–Kier alpha value is -3.46. The molecule has 2 aromatic carbocycles. The number of thioether (sulfide) groups is 1. The lowest BCUT2D eigenvalue weighted by molar-refractivity contribution is -0.127. The fourth-order valence-corrected chi connectivity index (χ4v) is 3.49. The number of amides is 3. The van der Waals surface area contributed by atoms with Gasteiger partial charge in [-0.3, -0.25) is 19.3 Å². The molecule has 0 atom stereocenters. The maximum atomic E-state index is 12.6. The number of para-hydroxylation sites is 1. The Balaban J connectivity index is 1.77. The first kappa shape index (κ1) is 20.3. The molecule has 0 unspecified atom stereocenters. The van der Waals surface area contributed by atoms with Crippen LogP contribution in [-0.2, 0) is 9.59 Å². The van der Waals surface area contributed by atoms with Gasteiger partial charge in [0, 0.05) is 5.69 Å². The van der Waals surface area contributed by atoms with Crippen LogP contribution in [0.1, 0.15) is 5.56 Å². The number of methoxy groups -OCH3 is 2. The van der Waals surface area contributed by atoms with Gasteiger partial charge in [-0.2, -0.15) is 0 Å². The minimum absolute atomic E-state index is 0.150. The van der Waals surface area contributed by atoms with Gasteiger partial charge in [-0.15, -0.1) is 0 Å². The van der Waals surface area contributed by atoms with Crippen LogP contribution in [0, 0.1) is 0 Å². The van der Waals surface area contributed by atoms with Gasteiger partial charge in [-0.05, 0) is 47.7 Å². The van der Waals surface area contributed by atoms with Crippen LogP contribution in [0.5, 0.6) is 17.2 Å². The lowest BCUT2D eigenvalue weighted by Crippen LogP contribution is -2.36. The van der Waals surface area contributed by atoms with Crippen molar-refractivity contribution in [2.45, 2.75) is 0 Å². The molecule has 1 heterocycles. The van der Waals surface area contributed by atoms with Gasteiger partial charge in [0.25, 0.3) is 11.1 Å². The van der Waals surface area contributed by atoms with E-state index in [1.807, 2.05) is 6.07 Å². The van der Waals surface area contributed by atoms with Gasteiger partial charge < -0.3 is 19.9 Å². The largest absolute Gasteiger partial charge is 0.502 e. The number of hydrogen-bond acceptors (Lipinski definition) is 7. The standard InChI is InChI=1S/C20H18N2O6S/c1-27-14-8-12(9-15(28-2)18(14)24)10-16-19(25)22(20(26)29-16)11-17(23)21-13-6-4-3-5-7-13/h3-10,24H,11H2,1-2H3,(H,21,23)/b16-10+. The number of aromatic hydroxyl groups is 1. The normalized spacial score (nSPS) is 15.0. The Bertz CT molecular complexity index is 965. The first-order valence-corrected chi connectivity index (χ1v) is 9.30. The van der Waals surface area contributed by atoms with Crippen molar-refractivity contribution in [2.24, 2.45) is 0 Å². The van der Waals surface area contributed by atoms with Crippen LogP contribution in [0.15, 0.2) is 47.4 Å². The van der Waals surface area contributed by atoms with Crippen LogP contribution < -0.4 is 14.8 Å². The van der Waals surface area contributed by atoms with E-state index in [0.29, 0.717) is 11.3 Å². The predicted molar refractivity (Wildman–Crippen MR) is 109 cm³/mol. The zero-order valence-corrected chi connectivity index (χ0v) is 16.5. The average molecular weight is 414 g/mol. The molecule has 150 valence electrons. The van der Waals surface area contributed by atoms with E-state index >= 15 is 0 Å². The number of anilines is 1. The average Bonchev–Trinajstić information content (AvgIpc) is 2.97. The van der Waals surface area contributed by atoms with E-state index in [1.54, 1.807) is 24.3 Å². The van der Waals surface area contributed by atoms with Crippen molar-refractivity contribution in [1.82, 2.24) is 4.90 Å². The van der Waals surface area contributed by atoms with Crippen LogP contribution in [0.3, 0.4) is 0 Å². The molecule has 3 rings (SSSR count). The molecule has 0 saturated carbocycles. The highest BCUT2D eigenvalue weighted by Crippen LogP contribution is 2.39. The second kappa shape index (κ2) is 8.70. The summed E-state index contributed by atoms with van der Waals surface area (Å²) >= 11 is 0.730. The van der Waals surface area contributed by atoms with E-state index in [9.17, 15) is 19.5 Å². The van der Waals surface area contributed by atoms with Gasteiger partial charge in [-0.1, -0.05) is 18.2 Å². The number of carbonyl (C=O) groups excluding carboxylic acids is 3. The highest BCUT2D eigenvalue weighted by molar-refractivity contribution is 8.18. The Morgan fingerprint density at radius 2 is 1.76 bits per heavy atom. The summed E-state index contributed by atoms with van der Waals surface area (Å²) in [5, 5.41) is 12.1. The zero-order chi connectivity index (χ0) is 21.0. The number of benzene rings is 2. The lowest BCUT2D eigenvalue weighted by Gasteiger charge is -2.12. The molecular weight excluding hydrogens is 396 g/mol. The molecule has 1 fully saturated rings. The number of nitrogens with zero attached hydrogens (tertiary/aromatic N) is 1. The topological polar surface area (TPSA) is 105 Å². The fraction of sp³-hybridized carbons (Fsp3) is 0.150. The third-order valence-corrected chi connectivity index (χ3v) is 4.94. The molecule has 1 saturated heterocycles. The number of phenolic OH excluding ortho intramolecular Hbond substituents is 1. The van der Waals surface area contributed by atoms with Crippen molar-refractivity contribution in [3.63, 3.8) is 0 Å². The van der Waals surface area contributed by atoms with Crippen LogP contribution in [0.4, 0.5) is 10.5 Å². The third kappa shape index (κ3) is 4.52. The first-order valence-electron chi connectivity index (χ1n) is 8.48. The summed E-state index contributed by atoms with van der Waals surface area (Å²) in [5.74, 6) is -0.895. The molecule has 0 spiro atoms. The number of rotatable bonds is 6. The highest BCUT2D eigenvalue weighted by atomic mass is 32.2. The van der Waals surface area contributed by atoms with Gasteiger partial charge in [0.15, 0.2) is 11.5 Å². The zero-order valence-electron chi connectivity index (χ0n) is 15.7. The van der Waals surface area contributed by atoms with E-state index in [4.69, 9.17) is 9.47 Å². The second-order valence-corrected chi connectivity index (χ2v) is 6.95. The Labute approximate surface area is 171 Å². The van der Waals surface area contributed by atoms with Crippen molar-refractivity contribution < 1.29 is 29.0 Å². The van der Waals surface area contributed by atoms with E-state index in [-0.39, 0.29) is 28.7 Å². The van der Waals surface area contributed by atoms with E-state index in [0.717, 1.165) is 16.7 Å². The SMILES string of the molecule is COc1cc(/C=C2/SC(=O)N(CC(=O)Nc3ccccc3)C2=O)cc(OC)c1O. The lowest BCUT2D eigenvalue weighted by atomic mass is 10.1. The molecule has 9 heteroatoms. The number of carbonyl (C=O) groups is 3. The van der Waals surface area contributed by atoms with Gasteiger partial charge in [-0.25, -0.2) is 0 Å². The van der Waals surface area contributed by atoms with Crippen LogP contribution in [-0.4, -0.2) is 47.8 Å². The molecule has 1 aliphatic rings. The summed E-state index contributed by atoms with van der Waals surface area (Å²) in [6.07, 6.45) is 1.48. The van der Waals surface area contributed by atoms with Crippen LogP contribution >= 0.6 is 11.8 Å². The molecule has 0 radical (unpaired) electrons. The van der Waals surface area contributed by atoms with Crippen LogP contribution in [0.2, 0.25) is 0 Å². The second-order valence-electron chi connectivity index (χ2n) is 5.96. The molecule has 0 aromatic heterocycles. The number of ether oxygens (including phenoxy) is 2. The van der Waals surface area contributed by atoms with E-state index < -0.39 is 17.1 Å². The molecule has 0 bridgehead atoms. The van der Waals surface area contributed by atoms with E-state index in [2.05, 4.69) is 5.32 Å². The van der Waals surface area contributed by atoms with Gasteiger partial charge in [0.1, 0.15) is 6.54 Å². The van der Waals surface area contributed by atoms with Gasteiger partial charge in [0.05, 0.1) is 19.1 Å². The van der Waals surface area contributed by atoms with Crippen molar-refractivity contribution in [2.75, 3.05) is 26.1 Å². The number of hydrogen-bond donors (Lipinski definition) is 2. The smallest absolute Gasteiger partial charge is 0.294 e. The summed E-state index contributed by atoms with van der Waals surface area (Å²) in [6, 6.07) is 11.8. The summed E-state index contributed by atoms with van der Waals surface area (Å²) in [6.45, 7) is -0.390. The Morgan fingerprint density at radius 3 is 2.34 bits per heavy atom. The first-order chi connectivity index (χ1) is 13.9. The Morgan fingerprint density at radius 1 is 1.14 bits per heavy atom. The number of imide groups is 1. The molecule has 1 aliphatic heterocycles. The molecule has 29 heavy (non-hydrogen) atoms. The molecular formula is C20H18N2O6S. The molecule has 2 N–H and O–H groups in total. The van der Waals surface area contributed by atoms with Gasteiger partial charge >= 0.3 is 0 Å². The molecule has 3 amide bonds. The summed E-state index contributed by atoms with van der Waals surface area (Å²) in [7, 11) is 2.77. The van der Waals surface area contributed by atoms with Crippen molar-refractivity contribution >= 4 is 40.6 Å². The summed E-state index contributed by atoms with van der Waals surface area (Å²) in [4.78, 5) is 38.1. The maximum absolute atomic E-state index is 12.6. The van der Waals surface area contributed by atoms with E-state index in [1.165, 1.54) is 32.4 Å². The monoisotopic (exact) mass is 414 g/mol. The Kier molecular flexibility index (Phi) is 6.08. The van der Waals surface area contributed by atoms with Gasteiger partial charge in [0.2, 0.25) is 11.7 Å². The minimum atomic E-state index is -0.575. The quantitative estimate of drug-likeness (QED) is 0.700. The molecule has 2 aromatic rings. The van der Waals surface area contributed by atoms with Crippen molar-refractivity contribution in [1.29, 1.82) is 0 Å². The molecule has 0 aliphatic carbocycles. The maximum Gasteiger partial charge on any atom is 0.294 e. The molecule has 8 nitrogen and oxygen atoms in total. The third-order valence-electron chi connectivity index (χ3n) is 4.03. The predicted octanol–water partition coefficient (Wildman–Crippen LogP) is 3.08. The van der Waals surface area contributed by atoms with Crippen LogP contribution in [0.25, 0.3) is 6.08 Å². The summed E-state index contributed by atoms with van der Waals surface area (Å²) in [5.41, 5.74) is 1.07. The summed E-state index contributed by atoms with van der Waals surface area (Å²) < 4.78 is 10.2. The number of nitrogens with one attached hydrogen (secondary N) is 1. The number of phenols is 1.